The van der Waals surface area contributed by atoms with E-state index in [9.17, 15) is 22.0 Å². The van der Waals surface area contributed by atoms with Crippen molar-refractivity contribution in [2.45, 2.75) is 51.4 Å². The lowest BCUT2D eigenvalue weighted by Gasteiger charge is -2.26. The number of halogens is 5. The minimum absolute atomic E-state index is 0.202. The van der Waals surface area contributed by atoms with Crippen LogP contribution in [0, 0.1) is 29.1 Å². The summed E-state index contributed by atoms with van der Waals surface area (Å²) in [5.74, 6) is -4.39. The standard InChI is InChI=1S/C26H23F5/c1-2-3-4-15-7-9-20(26(31)25(15)30)17-6-5-16-12-21(23(28)14-19(16)11-17)18-8-10-22(27)24(29)13-18/h7-10,12-14,17H,2-6,11H2,1H3. The number of hydrogen-bond donors (Lipinski definition) is 0. The van der Waals surface area contributed by atoms with Crippen molar-refractivity contribution in [3.63, 3.8) is 0 Å². The number of hydrogen-bond acceptors (Lipinski definition) is 0. The summed E-state index contributed by atoms with van der Waals surface area (Å²) in [6.07, 6.45) is 3.77. The summed E-state index contributed by atoms with van der Waals surface area (Å²) in [4.78, 5) is 0. The Hall–Kier alpha value is -2.69. The molecule has 0 N–H and O–H groups in total. The van der Waals surface area contributed by atoms with Crippen LogP contribution in [0.15, 0.2) is 42.5 Å². The van der Waals surface area contributed by atoms with Crippen molar-refractivity contribution in [1.82, 2.24) is 0 Å². The molecular formula is C26H23F5. The van der Waals surface area contributed by atoms with E-state index in [-0.39, 0.29) is 17.0 Å². The van der Waals surface area contributed by atoms with Gasteiger partial charge >= 0.3 is 0 Å². The number of fused-ring (bicyclic) bond motifs is 1. The Morgan fingerprint density at radius 1 is 0.806 bits per heavy atom. The van der Waals surface area contributed by atoms with Gasteiger partial charge in [0, 0.05) is 5.56 Å². The maximum Gasteiger partial charge on any atom is 0.162 e. The first kappa shape index (κ1) is 21.5. The van der Waals surface area contributed by atoms with Crippen molar-refractivity contribution in [2.24, 2.45) is 0 Å². The van der Waals surface area contributed by atoms with Gasteiger partial charge in [-0.25, -0.2) is 22.0 Å². The van der Waals surface area contributed by atoms with E-state index in [1.54, 1.807) is 18.2 Å². The SMILES string of the molecule is CCCCc1ccc(C2CCc3cc(-c4ccc(F)c(F)c4)c(F)cc3C2)c(F)c1F. The summed E-state index contributed by atoms with van der Waals surface area (Å²) in [5.41, 5.74) is 2.80. The van der Waals surface area contributed by atoms with E-state index in [4.69, 9.17) is 0 Å². The summed E-state index contributed by atoms with van der Waals surface area (Å²) in [6.45, 7) is 2.00. The van der Waals surface area contributed by atoms with Crippen LogP contribution in [0.2, 0.25) is 0 Å². The third-order valence-corrected chi connectivity index (χ3v) is 6.18. The van der Waals surface area contributed by atoms with Crippen LogP contribution in [0.3, 0.4) is 0 Å². The van der Waals surface area contributed by atoms with Gasteiger partial charge in [0.1, 0.15) is 5.82 Å². The first-order chi connectivity index (χ1) is 14.9. The maximum atomic E-state index is 14.8. The fourth-order valence-electron chi connectivity index (χ4n) is 4.41. The van der Waals surface area contributed by atoms with Crippen LogP contribution in [0.25, 0.3) is 11.1 Å². The number of unbranched alkanes of at least 4 members (excludes halogenated alkanes) is 1. The van der Waals surface area contributed by atoms with E-state index in [2.05, 4.69) is 0 Å². The van der Waals surface area contributed by atoms with E-state index in [1.807, 2.05) is 6.92 Å². The molecule has 0 bridgehead atoms. The Kier molecular flexibility index (Phi) is 6.12. The third kappa shape index (κ3) is 4.23. The minimum Gasteiger partial charge on any atom is -0.206 e. The molecule has 0 saturated carbocycles. The monoisotopic (exact) mass is 430 g/mol. The van der Waals surface area contributed by atoms with Crippen molar-refractivity contribution in [3.05, 3.63) is 93.8 Å². The molecule has 0 nitrogen and oxygen atoms in total. The van der Waals surface area contributed by atoms with Gasteiger partial charge in [-0.3, -0.25) is 0 Å². The second-order valence-electron chi connectivity index (χ2n) is 8.21. The zero-order valence-electron chi connectivity index (χ0n) is 17.3. The molecule has 3 aromatic rings. The minimum atomic E-state index is -1.03. The van der Waals surface area contributed by atoms with E-state index in [0.29, 0.717) is 36.8 Å². The van der Waals surface area contributed by atoms with Crippen molar-refractivity contribution >= 4 is 0 Å². The van der Waals surface area contributed by atoms with Gasteiger partial charge in [-0.15, -0.1) is 0 Å². The number of benzene rings is 3. The number of rotatable bonds is 5. The van der Waals surface area contributed by atoms with Gasteiger partial charge in [-0.05, 0) is 90.1 Å². The smallest absolute Gasteiger partial charge is 0.162 e. The molecule has 0 radical (unpaired) electrons. The highest BCUT2D eigenvalue weighted by molar-refractivity contribution is 5.66. The normalized spacial score (nSPS) is 15.7. The summed E-state index contributed by atoms with van der Waals surface area (Å²) >= 11 is 0. The van der Waals surface area contributed by atoms with E-state index < -0.39 is 29.1 Å². The van der Waals surface area contributed by atoms with Crippen LogP contribution in [0.1, 0.15) is 54.4 Å². The fraction of sp³-hybridized carbons (Fsp3) is 0.308. The average Bonchev–Trinajstić information content (AvgIpc) is 2.76. The summed E-state index contributed by atoms with van der Waals surface area (Å²) in [7, 11) is 0. The second kappa shape index (κ2) is 8.81. The summed E-state index contributed by atoms with van der Waals surface area (Å²) in [6, 6.07) is 9.63. The van der Waals surface area contributed by atoms with Crippen LogP contribution in [-0.4, -0.2) is 0 Å². The molecule has 1 aliphatic rings. The lowest BCUT2D eigenvalue weighted by Crippen LogP contribution is -2.16. The predicted molar refractivity (Wildman–Crippen MR) is 111 cm³/mol. The van der Waals surface area contributed by atoms with Crippen LogP contribution in [0.4, 0.5) is 22.0 Å². The highest BCUT2D eigenvalue weighted by Crippen LogP contribution is 2.38. The van der Waals surface area contributed by atoms with Crippen molar-refractivity contribution in [2.75, 3.05) is 0 Å². The molecule has 4 rings (SSSR count). The molecule has 1 aliphatic carbocycles. The fourth-order valence-corrected chi connectivity index (χ4v) is 4.41. The molecule has 0 aliphatic heterocycles. The van der Waals surface area contributed by atoms with Gasteiger partial charge < -0.3 is 0 Å². The zero-order chi connectivity index (χ0) is 22.1. The molecule has 1 atom stereocenters. The maximum absolute atomic E-state index is 14.8. The Balaban J connectivity index is 1.62. The number of aryl methyl sites for hydroxylation is 2. The van der Waals surface area contributed by atoms with Gasteiger partial charge in [0.15, 0.2) is 23.3 Å². The van der Waals surface area contributed by atoms with Crippen molar-refractivity contribution in [1.29, 1.82) is 0 Å². The highest BCUT2D eigenvalue weighted by atomic mass is 19.2. The van der Waals surface area contributed by atoms with Crippen LogP contribution < -0.4 is 0 Å². The largest absolute Gasteiger partial charge is 0.206 e. The van der Waals surface area contributed by atoms with Crippen LogP contribution >= 0.6 is 0 Å². The zero-order valence-corrected chi connectivity index (χ0v) is 17.3. The molecule has 0 heterocycles. The lowest BCUT2D eigenvalue weighted by atomic mass is 9.78. The van der Waals surface area contributed by atoms with E-state index >= 15 is 0 Å². The Labute approximate surface area is 178 Å². The Morgan fingerprint density at radius 3 is 2.35 bits per heavy atom. The van der Waals surface area contributed by atoms with Gasteiger partial charge in [0.05, 0.1) is 0 Å². The quantitative estimate of drug-likeness (QED) is 0.365. The molecule has 1 unspecified atom stereocenters. The van der Waals surface area contributed by atoms with Crippen LogP contribution in [-0.2, 0) is 19.3 Å². The van der Waals surface area contributed by atoms with Gasteiger partial charge in [0.25, 0.3) is 0 Å². The lowest BCUT2D eigenvalue weighted by molar-refractivity contribution is 0.466. The van der Waals surface area contributed by atoms with Crippen molar-refractivity contribution < 1.29 is 22.0 Å². The molecule has 0 amide bonds. The molecule has 0 saturated heterocycles. The van der Waals surface area contributed by atoms with E-state index in [1.165, 1.54) is 12.1 Å². The topological polar surface area (TPSA) is 0 Å². The molecule has 31 heavy (non-hydrogen) atoms. The Bertz CT molecular complexity index is 1120. The summed E-state index contributed by atoms with van der Waals surface area (Å²) < 4.78 is 70.9. The first-order valence-electron chi connectivity index (χ1n) is 10.6. The molecule has 0 fully saturated rings. The first-order valence-corrected chi connectivity index (χ1v) is 10.6. The van der Waals surface area contributed by atoms with Gasteiger partial charge in [0.2, 0.25) is 0 Å². The van der Waals surface area contributed by atoms with E-state index in [0.717, 1.165) is 36.1 Å². The molecule has 0 aromatic heterocycles. The molecule has 0 spiro atoms. The third-order valence-electron chi connectivity index (χ3n) is 6.18. The van der Waals surface area contributed by atoms with Crippen molar-refractivity contribution in [3.8, 4) is 11.1 Å². The molecular weight excluding hydrogens is 407 g/mol. The second-order valence-corrected chi connectivity index (χ2v) is 8.21. The van der Waals surface area contributed by atoms with Gasteiger partial charge in [-0.2, -0.15) is 0 Å². The average molecular weight is 430 g/mol. The molecule has 162 valence electrons. The van der Waals surface area contributed by atoms with Crippen LogP contribution in [0.5, 0.6) is 0 Å². The van der Waals surface area contributed by atoms with Gasteiger partial charge in [-0.1, -0.05) is 31.5 Å². The Morgan fingerprint density at radius 2 is 1.61 bits per heavy atom. The summed E-state index contributed by atoms with van der Waals surface area (Å²) in [5, 5.41) is 0. The highest BCUT2D eigenvalue weighted by Gasteiger charge is 2.26. The molecule has 3 aromatic carbocycles. The molecule has 5 heteroatoms. The predicted octanol–water partition coefficient (Wildman–Crippen LogP) is 7.66.